The summed E-state index contributed by atoms with van der Waals surface area (Å²) in [6, 6.07) is 1.10. The van der Waals surface area contributed by atoms with Crippen LogP contribution in [0.25, 0.3) is 0 Å². The summed E-state index contributed by atoms with van der Waals surface area (Å²) in [5, 5.41) is 5.04. The molecule has 1 aromatic heterocycles. The van der Waals surface area contributed by atoms with E-state index in [1.54, 1.807) is 0 Å². The van der Waals surface area contributed by atoms with Crippen molar-refractivity contribution in [1.82, 2.24) is 10.3 Å². The van der Waals surface area contributed by atoms with Crippen LogP contribution in [0.5, 0.6) is 0 Å². The Bertz CT molecular complexity index is 386. The van der Waals surface area contributed by atoms with Crippen LogP contribution in [-0.4, -0.2) is 11.0 Å². The van der Waals surface area contributed by atoms with E-state index in [-0.39, 0.29) is 0 Å². The van der Waals surface area contributed by atoms with Gasteiger partial charge in [-0.05, 0) is 44.9 Å². The van der Waals surface area contributed by atoms with Crippen molar-refractivity contribution in [2.75, 3.05) is 0 Å². The molecule has 2 rings (SSSR count). The van der Waals surface area contributed by atoms with Gasteiger partial charge in [-0.25, -0.2) is 4.98 Å². The highest BCUT2D eigenvalue weighted by Gasteiger charge is 2.24. The molecule has 3 atom stereocenters. The van der Waals surface area contributed by atoms with Gasteiger partial charge in [0.2, 0.25) is 0 Å². The Hall–Kier alpha value is -0.410. The Kier molecular flexibility index (Phi) is 5.40. The van der Waals surface area contributed by atoms with Gasteiger partial charge >= 0.3 is 0 Å². The number of thiazole rings is 1. The summed E-state index contributed by atoms with van der Waals surface area (Å²) in [6.07, 6.45) is 8.89. The molecule has 0 spiro atoms. The number of aromatic nitrogens is 1. The molecule has 1 saturated carbocycles. The van der Waals surface area contributed by atoms with E-state index in [0.29, 0.717) is 12.1 Å². The van der Waals surface area contributed by atoms with Crippen LogP contribution in [-0.2, 0) is 0 Å². The zero-order valence-corrected chi connectivity index (χ0v) is 13.6. The van der Waals surface area contributed by atoms with Gasteiger partial charge in [0, 0.05) is 17.1 Å². The zero-order valence-electron chi connectivity index (χ0n) is 12.8. The zero-order chi connectivity index (χ0) is 13.8. The van der Waals surface area contributed by atoms with Crippen molar-refractivity contribution in [3.8, 4) is 0 Å². The SMILES string of the molecule is Cc1cnc(C(C)NC2CCCC(CC(C)C)C2)s1. The van der Waals surface area contributed by atoms with Gasteiger partial charge in [-0.15, -0.1) is 11.3 Å². The summed E-state index contributed by atoms with van der Waals surface area (Å²) in [4.78, 5) is 5.81. The van der Waals surface area contributed by atoms with Crippen LogP contribution in [0.3, 0.4) is 0 Å². The molecule has 1 aliphatic carbocycles. The third-order valence-corrected chi connectivity index (χ3v) is 5.18. The van der Waals surface area contributed by atoms with E-state index in [1.165, 1.54) is 42.0 Å². The standard InChI is InChI=1S/C16H28N2S/c1-11(2)8-14-6-5-7-15(9-14)18-13(4)16-17-10-12(3)19-16/h10-11,13-15,18H,5-9H2,1-4H3. The van der Waals surface area contributed by atoms with Crippen LogP contribution >= 0.6 is 11.3 Å². The monoisotopic (exact) mass is 280 g/mol. The molecule has 0 aliphatic heterocycles. The molecule has 0 saturated heterocycles. The van der Waals surface area contributed by atoms with Gasteiger partial charge in [0.15, 0.2) is 0 Å². The first-order valence-electron chi connectivity index (χ1n) is 7.73. The molecule has 1 fully saturated rings. The Morgan fingerprint density at radius 1 is 1.37 bits per heavy atom. The second-order valence-electron chi connectivity index (χ2n) is 6.56. The fourth-order valence-electron chi connectivity index (χ4n) is 3.32. The molecular formula is C16H28N2S. The highest BCUT2D eigenvalue weighted by Crippen LogP contribution is 2.31. The first-order valence-corrected chi connectivity index (χ1v) is 8.54. The molecule has 1 aliphatic rings. The summed E-state index contributed by atoms with van der Waals surface area (Å²) >= 11 is 1.82. The molecule has 0 amide bonds. The Morgan fingerprint density at radius 2 is 2.16 bits per heavy atom. The van der Waals surface area contributed by atoms with Crippen LogP contribution in [0.2, 0.25) is 0 Å². The van der Waals surface area contributed by atoms with Gasteiger partial charge in [0.1, 0.15) is 5.01 Å². The minimum Gasteiger partial charge on any atom is -0.305 e. The summed E-state index contributed by atoms with van der Waals surface area (Å²) < 4.78 is 0. The molecule has 0 radical (unpaired) electrons. The lowest BCUT2D eigenvalue weighted by Gasteiger charge is -2.32. The van der Waals surface area contributed by atoms with Crippen molar-refractivity contribution in [3.05, 3.63) is 16.1 Å². The van der Waals surface area contributed by atoms with E-state index in [9.17, 15) is 0 Å². The molecule has 1 aromatic rings. The van der Waals surface area contributed by atoms with Gasteiger partial charge in [-0.1, -0.05) is 26.7 Å². The normalized spacial score (nSPS) is 25.7. The van der Waals surface area contributed by atoms with Crippen LogP contribution in [0.15, 0.2) is 6.20 Å². The van der Waals surface area contributed by atoms with Gasteiger partial charge < -0.3 is 5.32 Å². The topological polar surface area (TPSA) is 24.9 Å². The van der Waals surface area contributed by atoms with Gasteiger partial charge in [0.25, 0.3) is 0 Å². The highest BCUT2D eigenvalue weighted by atomic mass is 32.1. The largest absolute Gasteiger partial charge is 0.305 e. The molecule has 3 unspecified atom stereocenters. The fourth-order valence-corrected chi connectivity index (χ4v) is 4.11. The number of hydrogen-bond acceptors (Lipinski definition) is 3. The molecule has 3 heteroatoms. The maximum atomic E-state index is 4.50. The lowest BCUT2D eigenvalue weighted by Crippen LogP contribution is -2.36. The van der Waals surface area contributed by atoms with Crippen LogP contribution in [0, 0.1) is 18.8 Å². The quantitative estimate of drug-likeness (QED) is 0.845. The van der Waals surface area contributed by atoms with Gasteiger partial charge in [0.05, 0.1) is 6.04 Å². The summed E-state index contributed by atoms with van der Waals surface area (Å²) in [6.45, 7) is 9.08. The van der Waals surface area contributed by atoms with Crippen molar-refractivity contribution in [3.63, 3.8) is 0 Å². The molecule has 2 nitrogen and oxygen atoms in total. The molecule has 1 heterocycles. The highest BCUT2D eigenvalue weighted by molar-refractivity contribution is 7.11. The minimum absolute atomic E-state index is 0.404. The van der Waals surface area contributed by atoms with Crippen molar-refractivity contribution < 1.29 is 0 Å². The fraction of sp³-hybridized carbons (Fsp3) is 0.812. The number of nitrogens with zero attached hydrogens (tertiary/aromatic N) is 1. The van der Waals surface area contributed by atoms with E-state index in [1.807, 2.05) is 17.5 Å². The lowest BCUT2D eigenvalue weighted by atomic mass is 9.81. The molecule has 19 heavy (non-hydrogen) atoms. The number of nitrogens with one attached hydrogen (secondary N) is 1. The predicted octanol–water partition coefficient (Wildman–Crippen LogP) is 4.71. The van der Waals surface area contributed by atoms with E-state index < -0.39 is 0 Å². The second kappa shape index (κ2) is 6.85. The average Bonchev–Trinajstić information content (AvgIpc) is 2.75. The van der Waals surface area contributed by atoms with Crippen molar-refractivity contribution in [1.29, 1.82) is 0 Å². The van der Waals surface area contributed by atoms with Crippen molar-refractivity contribution in [2.24, 2.45) is 11.8 Å². The maximum Gasteiger partial charge on any atom is 0.109 e. The summed E-state index contributed by atoms with van der Waals surface area (Å²) in [5.74, 6) is 1.76. The molecule has 0 aromatic carbocycles. The first kappa shape index (κ1) is 15.0. The van der Waals surface area contributed by atoms with E-state index >= 15 is 0 Å². The minimum atomic E-state index is 0.404. The van der Waals surface area contributed by atoms with Gasteiger partial charge in [-0.3, -0.25) is 0 Å². The number of hydrogen-bond donors (Lipinski definition) is 1. The van der Waals surface area contributed by atoms with Crippen LogP contribution in [0.4, 0.5) is 0 Å². The van der Waals surface area contributed by atoms with E-state index in [2.05, 4.69) is 38.0 Å². The van der Waals surface area contributed by atoms with Crippen molar-refractivity contribution >= 4 is 11.3 Å². The second-order valence-corrected chi connectivity index (χ2v) is 7.82. The van der Waals surface area contributed by atoms with Crippen LogP contribution in [0.1, 0.15) is 68.8 Å². The Morgan fingerprint density at radius 3 is 2.79 bits per heavy atom. The smallest absolute Gasteiger partial charge is 0.109 e. The maximum absolute atomic E-state index is 4.50. The third kappa shape index (κ3) is 4.57. The van der Waals surface area contributed by atoms with Gasteiger partial charge in [-0.2, -0.15) is 0 Å². The summed E-state index contributed by atoms with van der Waals surface area (Å²) in [7, 11) is 0. The van der Waals surface area contributed by atoms with Crippen LogP contribution < -0.4 is 5.32 Å². The van der Waals surface area contributed by atoms with E-state index in [4.69, 9.17) is 0 Å². The lowest BCUT2D eigenvalue weighted by molar-refractivity contribution is 0.242. The molecular weight excluding hydrogens is 252 g/mol. The molecule has 1 N–H and O–H groups in total. The van der Waals surface area contributed by atoms with Crippen molar-refractivity contribution in [2.45, 2.75) is 71.9 Å². The average molecular weight is 280 g/mol. The third-order valence-electron chi connectivity index (χ3n) is 4.08. The first-order chi connectivity index (χ1) is 9.04. The molecule has 108 valence electrons. The van der Waals surface area contributed by atoms with E-state index in [0.717, 1.165) is 11.8 Å². The predicted molar refractivity (Wildman–Crippen MR) is 83.6 cm³/mol. The number of rotatable bonds is 5. The number of aryl methyl sites for hydroxylation is 1. The summed E-state index contributed by atoms with van der Waals surface area (Å²) in [5.41, 5.74) is 0. The molecule has 0 bridgehead atoms. The Labute approximate surface area is 122 Å². The Balaban J connectivity index is 1.84.